The average Bonchev–Trinajstić information content (AvgIpc) is 2.97. The van der Waals surface area contributed by atoms with E-state index in [1.807, 2.05) is 24.3 Å². The van der Waals surface area contributed by atoms with Gasteiger partial charge >= 0.3 is 5.91 Å². The lowest BCUT2D eigenvalue weighted by molar-refractivity contribution is -0.807. The molecular weight excluding hydrogens is 506 g/mol. The number of amides is 1. The van der Waals surface area contributed by atoms with Gasteiger partial charge in [-0.15, -0.1) is 0 Å². The van der Waals surface area contributed by atoms with Gasteiger partial charge in [0.1, 0.15) is 12.4 Å². The average molecular weight is 527 g/mol. The number of nitrogens with zero attached hydrogens (tertiary/aromatic N) is 3. The first-order valence-corrected chi connectivity index (χ1v) is 11.9. The number of benzene rings is 1. The minimum atomic E-state index is -0.818. The number of piperidine rings is 1. The van der Waals surface area contributed by atoms with Crippen LogP contribution in [0, 0.1) is 5.21 Å². The van der Waals surface area contributed by atoms with Crippen LogP contribution in [0.15, 0.2) is 65.0 Å². The van der Waals surface area contributed by atoms with Gasteiger partial charge in [0.05, 0.1) is 30.2 Å². The highest BCUT2D eigenvalue weighted by Gasteiger charge is 2.34. The van der Waals surface area contributed by atoms with E-state index in [9.17, 15) is 10.0 Å². The van der Waals surface area contributed by atoms with Gasteiger partial charge in [-0.25, -0.2) is 4.79 Å². The molecule has 0 aliphatic carbocycles. The van der Waals surface area contributed by atoms with Gasteiger partial charge in [0.25, 0.3) is 0 Å². The first kappa shape index (κ1) is 22.2. The number of carbonyl (C=O) groups is 1. The Labute approximate surface area is 205 Å². The van der Waals surface area contributed by atoms with Crippen molar-refractivity contribution in [2.45, 2.75) is 25.9 Å². The number of ether oxygens (including phenoxy) is 1. The summed E-state index contributed by atoms with van der Waals surface area (Å²) >= 11 is 9.87. The zero-order valence-electron chi connectivity index (χ0n) is 17.8. The molecule has 33 heavy (non-hydrogen) atoms. The molecule has 6 nitrogen and oxygen atoms in total. The van der Waals surface area contributed by atoms with Crippen molar-refractivity contribution < 1.29 is 14.2 Å². The predicted molar refractivity (Wildman–Crippen MR) is 129 cm³/mol. The van der Waals surface area contributed by atoms with Crippen LogP contribution < -0.4 is 4.74 Å². The largest absolute Gasteiger partial charge is 0.625 e. The minimum Gasteiger partial charge on any atom is -0.625 e. The van der Waals surface area contributed by atoms with Crippen molar-refractivity contribution in [1.29, 1.82) is 0 Å². The first-order chi connectivity index (χ1) is 15.9. The van der Waals surface area contributed by atoms with Crippen molar-refractivity contribution in [3.05, 3.63) is 97.6 Å². The van der Waals surface area contributed by atoms with Gasteiger partial charge in [-0.1, -0.05) is 17.7 Å². The van der Waals surface area contributed by atoms with Crippen molar-refractivity contribution in [2.24, 2.45) is 0 Å². The third-order valence-electron chi connectivity index (χ3n) is 6.27. The molecule has 0 spiro atoms. The molecular formula is C25H21BrClN3O3. The lowest BCUT2D eigenvalue weighted by Crippen LogP contribution is -2.52. The highest BCUT2D eigenvalue weighted by molar-refractivity contribution is 9.10. The number of fused-ring (bicyclic) bond motifs is 2. The third-order valence-corrected chi connectivity index (χ3v) is 7.46. The standard InChI is InChI=1S/C25H21BrClN3O3/c26-20-13-19-22(14-21(20)27)33-15-18-2-1-7-29-25(18)24(19)17-5-10-30(32,11-6-17)23(31)12-16-3-8-28-9-4-16/h1-4,7-9,13-14H,5-6,10-12,15H2. The van der Waals surface area contributed by atoms with Gasteiger partial charge in [-0.3, -0.25) is 14.6 Å². The lowest BCUT2D eigenvalue weighted by atomic mass is 9.89. The van der Waals surface area contributed by atoms with E-state index >= 15 is 0 Å². The Morgan fingerprint density at radius 3 is 2.67 bits per heavy atom. The van der Waals surface area contributed by atoms with E-state index in [0.717, 1.165) is 38.0 Å². The molecule has 2 aliphatic heterocycles. The number of rotatable bonds is 2. The molecule has 3 aromatic rings. The Hall–Kier alpha value is -2.58. The SMILES string of the molecule is O=C(Cc1ccncc1)[N+]1([O-])CCC(=C2c3cc(Br)c(Cl)cc3OCc3cccnc32)CC1. The molecule has 2 aromatic heterocycles. The number of halogens is 2. The summed E-state index contributed by atoms with van der Waals surface area (Å²) in [6.45, 7) is 0.794. The fourth-order valence-electron chi connectivity index (χ4n) is 4.45. The molecule has 168 valence electrons. The highest BCUT2D eigenvalue weighted by Crippen LogP contribution is 2.43. The molecule has 1 aromatic carbocycles. The van der Waals surface area contributed by atoms with Crippen molar-refractivity contribution in [1.82, 2.24) is 9.97 Å². The van der Waals surface area contributed by atoms with Gasteiger partial charge in [-0.2, -0.15) is 0 Å². The molecule has 5 rings (SSSR count). The molecule has 1 amide bonds. The Balaban J connectivity index is 1.50. The molecule has 0 unspecified atom stereocenters. The summed E-state index contributed by atoms with van der Waals surface area (Å²) in [6.07, 6.45) is 6.18. The van der Waals surface area contributed by atoms with Crippen LogP contribution >= 0.6 is 27.5 Å². The van der Waals surface area contributed by atoms with Crippen molar-refractivity contribution in [3.63, 3.8) is 0 Å². The molecule has 8 heteroatoms. The second kappa shape index (κ2) is 8.99. The van der Waals surface area contributed by atoms with E-state index in [1.165, 1.54) is 0 Å². The Kier molecular flexibility index (Phi) is 6.05. The highest BCUT2D eigenvalue weighted by atomic mass is 79.9. The topological polar surface area (TPSA) is 75.1 Å². The first-order valence-electron chi connectivity index (χ1n) is 10.7. The summed E-state index contributed by atoms with van der Waals surface area (Å²) in [5.41, 5.74) is 5.62. The van der Waals surface area contributed by atoms with E-state index in [1.54, 1.807) is 30.7 Å². The number of pyridine rings is 2. The van der Waals surface area contributed by atoms with Gasteiger partial charge in [0.15, 0.2) is 0 Å². The Morgan fingerprint density at radius 1 is 1.15 bits per heavy atom. The van der Waals surface area contributed by atoms with Crippen molar-refractivity contribution in [3.8, 4) is 5.75 Å². The third kappa shape index (κ3) is 4.34. The van der Waals surface area contributed by atoms with E-state index in [2.05, 4.69) is 25.9 Å². The maximum Gasteiger partial charge on any atom is 0.318 e. The number of quaternary nitrogens is 1. The number of carbonyl (C=O) groups excluding carboxylic acids is 1. The zero-order valence-corrected chi connectivity index (χ0v) is 20.1. The number of hydrogen-bond acceptors (Lipinski definition) is 5. The van der Waals surface area contributed by atoms with Crippen LogP contribution in [0.4, 0.5) is 0 Å². The normalized spacial score (nSPS) is 19.8. The van der Waals surface area contributed by atoms with Crippen LogP contribution in [0.2, 0.25) is 5.02 Å². The summed E-state index contributed by atoms with van der Waals surface area (Å²) in [5, 5.41) is 14.0. The summed E-state index contributed by atoms with van der Waals surface area (Å²) in [5.74, 6) is 0.369. The summed E-state index contributed by atoms with van der Waals surface area (Å²) < 4.78 is 6.02. The second-order valence-corrected chi connectivity index (χ2v) is 9.56. The summed E-state index contributed by atoms with van der Waals surface area (Å²) in [6, 6.07) is 11.2. The van der Waals surface area contributed by atoms with Crippen LogP contribution in [-0.4, -0.2) is 33.6 Å². The van der Waals surface area contributed by atoms with Crippen LogP contribution in [0.1, 0.15) is 35.2 Å². The quantitative estimate of drug-likeness (QED) is 0.327. The Bertz CT molecular complexity index is 1250. The predicted octanol–water partition coefficient (Wildman–Crippen LogP) is 5.46. The minimum absolute atomic E-state index is 0.116. The van der Waals surface area contributed by atoms with Crippen LogP contribution in [0.5, 0.6) is 5.75 Å². The number of likely N-dealkylation sites (tertiary alicyclic amines) is 1. The molecule has 4 heterocycles. The van der Waals surface area contributed by atoms with Crippen LogP contribution in [-0.2, 0) is 17.8 Å². The van der Waals surface area contributed by atoms with E-state index in [0.29, 0.717) is 30.2 Å². The molecule has 0 N–H and O–H groups in total. The van der Waals surface area contributed by atoms with E-state index in [4.69, 9.17) is 16.3 Å². The molecule has 1 saturated heterocycles. The molecule has 2 aliphatic rings. The van der Waals surface area contributed by atoms with Gasteiger partial charge in [0, 0.05) is 58.7 Å². The maximum absolute atomic E-state index is 13.4. The monoisotopic (exact) mass is 525 g/mol. The Morgan fingerprint density at radius 2 is 1.91 bits per heavy atom. The molecule has 0 atom stereocenters. The molecule has 1 fully saturated rings. The van der Waals surface area contributed by atoms with Crippen LogP contribution in [0.25, 0.3) is 5.57 Å². The van der Waals surface area contributed by atoms with Gasteiger partial charge in [0.2, 0.25) is 0 Å². The molecule has 0 bridgehead atoms. The number of hydroxylamine groups is 3. The van der Waals surface area contributed by atoms with Crippen LogP contribution in [0.3, 0.4) is 0 Å². The molecule has 0 saturated carbocycles. The zero-order chi connectivity index (χ0) is 23.0. The number of hydrogen-bond donors (Lipinski definition) is 0. The fraction of sp³-hybridized carbons (Fsp3) is 0.240. The maximum atomic E-state index is 13.4. The van der Waals surface area contributed by atoms with Crippen molar-refractivity contribution >= 4 is 39.0 Å². The lowest BCUT2D eigenvalue weighted by Gasteiger charge is -2.43. The van der Waals surface area contributed by atoms with E-state index in [-0.39, 0.29) is 25.4 Å². The van der Waals surface area contributed by atoms with Gasteiger partial charge in [-0.05, 0) is 51.3 Å². The summed E-state index contributed by atoms with van der Waals surface area (Å²) in [7, 11) is 0. The van der Waals surface area contributed by atoms with Gasteiger partial charge < -0.3 is 9.94 Å². The fourth-order valence-corrected chi connectivity index (χ4v) is 4.95. The smallest absolute Gasteiger partial charge is 0.318 e. The summed E-state index contributed by atoms with van der Waals surface area (Å²) in [4.78, 5) is 21.5. The number of aromatic nitrogens is 2. The molecule has 0 radical (unpaired) electrons. The van der Waals surface area contributed by atoms with Crippen molar-refractivity contribution in [2.75, 3.05) is 13.1 Å². The second-order valence-electron chi connectivity index (χ2n) is 8.30. The van der Waals surface area contributed by atoms with E-state index < -0.39 is 4.65 Å².